The number of pyridine rings is 1. The van der Waals surface area contributed by atoms with Gasteiger partial charge in [0.1, 0.15) is 11.6 Å². The smallest absolute Gasteiger partial charge is 0.175 e. The Bertz CT molecular complexity index is 1450. The molecule has 0 radical (unpaired) electrons. The summed E-state index contributed by atoms with van der Waals surface area (Å²) in [5, 5.41) is 7.88. The van der Waals surface area contributed by atoms with Gasteiger partial charge in [-0.15, -0.1) is 0 Å². The zero-order valence-electron chi connectivity index (χ0n) is 18.5. The molecule has 2 N–H and O–H groups in total. The van der Waals surface area contributed by atoms with E-state index in [0.717, 1.165) is 41.0 Å². The zero-order valence-corrected chi connectivity index (χ0v) is 19.3. The Kier molecular flexibility index (Phi) is 5.42. The van der Waals surface area contributed by atoms with Crippen LogP contribution in [0.25, 0.3) is 10.9 Å². The summed E-state index contributed by atoms with van der Waals surface area (Å²) in [7, 11) is -1.58. The van der Waals surface area contributed by atoms with Gasteiger partial charge < -0.3 is 15.4 Å². The second kappa shape index (κ2) is 8.41. The second-order valence-electron chi connectivity index (χ2n) is 8.29. The third-order valence-corrected chi connectivity index (χ3v) is 7.14. The van der Waals surface area contributed by atoms with Gasteiger partial charge in [0.15, 0.2) is 9.84 Å². The van der Waals surface area contributed by atoms with Crippen LogP contribution in [0.2, 0.25) is 0 Å². The number of nitrogens with one attached hydrogen (secondary N) is 2. The van der Waals surface area contributed by atoms with Crippen LogP contribution in [0.5, 0.6) is 5.75 Å². The molecule has 1 aliphatic rings. The molecule has 7 heteroatoms. The number of aryl methyl sites for hydroxylation is 1. The molecule has 0 aliphatic heterocycles. The average Bonchev–Trinajstić information content (AvgIpc) is 3.20. The second-order valence-corrected chi connectivity index (χ2v) is 10.3. The normalized spacial score (nSPS) is 15.3. The summed E-state index contributed by atoms with van der Waals surface area (Å²) < 4.78 is 29.2. The number of methoxy groups -OCH3 is 1. The zero-order chi connectivity index (χ0) is 23.0. The van der Waals surface area contributed by atoms with Crippen LogP contribution >= 0.6 is 0 Å². The fourth-order valence-corrected chi connectivity index (χ4v) is 5.01. The van der Waals surface area contributed by atoms with Crippen LogP contribution in [0.3, 0.4) is 0 Å². The van der Waals surface area contributed by atoms with E-state index in [4.69, 9.17) is 9.72 Å². The van der Waals surface area contributed by atoms with Gasteiger partial charge in [0.25, 0.3) is 0 Å². The fraction of sp³-hybridized carbons (Fsp3) is 0.192. The van der Waals surface area contributed by atoms with Crippen LogP contribution in [0.15, 0.2) is 77.7 Å². The van der Waals surface area contributed by atoms with Gasteiger partial charge >= 0.3 is 0 Å². The maximum absolute atomic E-state index is 11.9. The van der Waals surface area contributed by atoms with Crippen molar-refractivity contribution in [1.82, 2.24) is 4.98 Å². The first-order valence-corrected chi connectivity index (χ1v) is 12.7. The maximum atomic E-state index is 11.9. The minimum absolute atomic E-state index is 0.195. The molecule has 3 aromatic carbocycles. The number of benzene rings is 3. The number of rotatable bonds is 6. The molecular weight excluding hydrogens is 434 g/mol. The molecule has 0 spiro atoms. The summed E-state index contributed by atoms with van der Waals surface area (Å²) in [5.41, 5.74) is 5.04. The fourth-order valence-electron chi connectivity index (χ4n) is 4.34. The Balaban J connectivity index is 1.41. The monoisotopic (exact) mass is 459 g/mol. The van der Waals surface area contributed by atoms with Crippen molar-refractivity contribution in [1.29, 1.82) is 0 Å². The lowest BCUT2D eigenvalue weighted by Crippen LogP contribution is -2.08. The van der Waals surface area contributed by atoms with E-state index < -0.39 is 9.84 Å². The summed E-state index contributed by atoms with van der Waals surface area (Å²) >= 11 is 0. The Hall–Kier alpha value is -3.58. The van der Waals surface area contributed by atoms with E-state index in [1.54, 1.807) is 25.3 Å². The van der Waals surface area contributed by atoms with Crippen molar-refractivity contribution in [2.75, 3.05) is 24.0 Å². The van der Waals surface area contributed by atoms with Crippen molar-refractivity contribution < 1.29 is 13.2 Å². The van der Waals surface area contributed by atoms with E-state index in [1.165, 1.54) is 17.4 Å². The largest absolute Gasteiger partial charge is 0.497 e. The third kappa shape index (κ3) is 4.36. The number of hydrogen-bond acceptors (Lipinski definition) is 6. The molecule has 5 rings (SSSR count). The van der Waals surface area contributed by atoms with E-state index in [9.17, 15) is 8.42 Å². The standard InChI is InChI=1S/C26H25N3O3S/c1-32-19-11-9-17-10-13-25(22(17)16-19)29-26-14-12-21-23(7-4-8-24(21)28-26)27-18-5-3-6-20(15-18)33(2,30)31/h3-9,11-12,14-16,25,27H,10,13H2,1-2H3,(H,28,29). The molecular formula is C26H25N3O3S. The maximum Gasteiger partial charge on any atom is 0.175 e. The van der Waals surface area contributed by atoms with Gasteiger partial charge in [0.05, 0.1) is 23.6 Å². The van der Waals surface area contributed by atoms with Crippen molar-refractivity contribution in [2.24, 2.45) is 0 Å². The number of anilines is 3. The van der Waals surface area contributed by atoms with E-state index in [0.29, 0.717) is 5.69 Å². The topological polar surface area (TPSA) is 80.3 Å². The number of aromatic nitrogens is 1. The van der Waals surface area contributed by atoms with Gasteiger partial charge in [-0.1, -0.05) is 18.2 Å². The van der Waals surface area contributed by atoms with E-state index in [2.05, 4.69) is 22.8 Å². The minimum Gasteiger partial charge on any atom is -0.497 e. The van der Waals surface area contributed by atoms with Gasteiger partial charge in [-0.3, -0.25) is 0 Å². The molecule has 1 unspecified atom stereocenters. The predicted molar refractivity (Wildman–Crippen MR) is 132 cm³/mol. The lowest BCUT2D eigenvalue weighted by Gasteiger charge is -2.17. The summed E-state index contributed by atoms with van der Waals surface area (Å²) in [6, 6.07) is 23.2. The predicted octanol–water partition coefficient (Wildman–Crippen LogP) is 5.49. The molecule has 4 aromatic rings. The van der Waals surface area contributed by atoms with Crippen LogP contribution in [-0.2, 0) is 16.3 Å². The molecule has 0 fully saturated rings. The Morgan fingerprint density at radius 3 is 2.67 bits per heavy atom. The highest BCUT2D eigenvalue weighted by atomic mass is 32.2. The number of fused-ring (bicyclic) bond motifs is 2. The first-order chi connectivity index (χ1) is 15.9. The minimum atomic E-state index is -3.27. The highest BCUT2D eigenvalue weighted by molar-refractivity contribution is 7.90. The molecule has 1 aliphatic carbocycles. The Labute approximate surface area is 193 Å². The molecule has 0 amide bonds. The number of nitrogens with zero attached hydrogens (tertiary/aromatic N) is 1. The van der Waals surface area contributed by atoms with Crippen molar-refractivity contribution in [3.63, 3.8) is 0 Å². The van der Waals surface area contributed by atoms with Crippen LogP contribution in [0.4, 0.5) is 17.2 Å². The molecule has 33 heavy (non-hydrogen) atoms. The van der Waals surface area contributed by atoms with E-state index in [1.807, 2.05) is 42.5 Å². The van der Waals surface area contributed by atoms with Gasteiger partial charge in [-0.2, -0.15) is 0 Å². The van der Waals surface area contributed by atoms with Crippen molar-refractivity contribution in [3.8, 4) is 5.75 Å². The van der Waals surface area contributed by atoms with E-state index in [-0.39, 0.29) is 10.9 Å². The summed E-state index contributed by atoms with van der Waals surface area (Å²) in [4.78, 5) is 5.12. The Morgan fingerprint density at radius 1 is 1.00 bits per heavy atom. The van der Waals surface area contributed by atoms with Gasteiger partial charge in [-0.05, 0) is 78.6 Å². The first kappa shape index (κ1) is 21.3. The van der Waals surface area contributed by atoms with E-state index >= 15 is 0 Å². The van der Waals surface area contributed by atoms with Gasteiger partial charge in [-0.25, -0.2) is 13.4 Å². The molecule has 1 aromatic heterocycles. The molecule has 1 heterocycles. The SMILES string of the molecule is COc1ccc2c(c1)C(Nc1ccc3c(Nc4cccc(S(C)(=O)=O)c4)cccc3n1)CC2. The quantitative estimate of drug-likeness (QED) is 0.397. The van der Waals surface area contributed by atoms with Crippen molar-refractivity contribution in [2.45, 2.75) is 23.8 Å². The molecule has 1 atom stereocenters. The average molecular weight is 460 g/mol. The molecule has 0 saturated heterocycles. The highest BCUT2D eigenvalue weighted by Gasteiger charge is 2.23. The van der Waals surface area contributed by atoms with Crippen LogP contribution in [0, 0.1) is 0 Å². The van der Waals surface area contributed by atoms with Gasteiger partial charge in [0, 0.05) is 23.0 Å². The number of hydrogen-bond donors (Lipinski definition) is 2. The van der Waals surface area contributed by atoms with Crippen LogP contribution in [-0.4, -0.2) is 26.8 Å². The van der Waals surface area contributed by atoms with Gasteiger partial charge in [0.2, 0.25) is 0 Å². The van der Waals surface area contributed by atoms with Crippen LogP contribution in [0.1, 0.15) is 23.6 Å². The number of sulfone groups is 1. The Morgan fingerprint density at radius 2 is 1.85 bits per heavy atom. The lowest BCUT2D eigenvalue weighted by molar-refractivity contribution is 0.414. The third-order valence-electron chi connectivity index (χ3n) is 6.03. The summed E-state index contributed by atoms with van der Waals surface area (Å²) in [5.74, 6) is 1.68. The number of ether oxygens (including phenoxy) is 1. The van der Waals surface area contributed by atoms with Crippen LogP contribution < -0.4 is 15.4 Å². The molecule has 0 bridgehead atoms. The molecule has 0 saturated carbocycles. The lowest BCUT2D eigenvalue weighted by atomic mass is 10.1. The molecule has 168 valence electrons. The first-order valence-electron chi connectivity index (χ1n) is 10.8. The molecule has 6 nitrogen and oxygen atoms in total. The van der Waals surface area contributed by atoms with Crippen molar-refractivity contribution in [3.05, 3.63) is 83.9 Å². The van der Waals surface area contributed by atoms with Crippen molar-refractivity contribution >= 4 is 37.9 Å². The highest BCUT2D eigenvalue weighted by Crippen LogP contribution is 2.36. The summed E-state index contributed by atoms with van der Waals surface area (Å²) in [6.45, 7) is 0. The summed E-state index contributed by atoms with van der Waals surface area (Å²) in [6.07, 6.45) is 3.26.